The van der Waals surface area contributed by atoms with Crippen molar-refractivity contribution in [3.63, 3.8) is 0 Å². The summed E-state index contributed by atoms with van der Waals surface area (Å²) in [6.45, 7) is 4.67. The van der Waals surface area contributed by atoms with E-state index in [0.29, 0.717) is 5.69 Å². The Morgan fingerprint density at radius 3 is 2.50 bits per heavy atom. The number of thiophene rings is 1. The van der Waals surface area contributed by atoms with E-state index in [1.165, 1.54) is 23.3 Å². The van der Waals surface area contributed by atoms with Crippen molar-refractivity contribution >= 4 is 28.9 Å². The summed E-state index contributed by atoms with van der Waals surface area (Å²) in [6, 6.07) is -0.762. The third-order valence-corrected chi connectivity index (χ3v) is 3.71. The van der Waals surface area contributed by atoms with E-state index in [-0.39, 0.29) is 0 Å². The average molecular weight is 271 g/mol. The van der Waals surface area contributed by atoms with Gasteiger partial charge in [-0.05, 0) is 31.7 Å². The Morgan fingerprint density at radius 1 is 1.50 bits per heavy atom. The number of hydrogen-bond donors (Lipinski definition) is 1. The van der Waals surface area contributed by atoms with E-state index < -0.39 is 24.5 Å². The van der Waals surface area contributed by atoms with E-state index in [2.05, 4.69) is 4.74 Å². The number of methoxy groups -OCH3 is 1. The van der Waals surface area contributed by atoms with Crippen molar-refractivity contribution in [1.29, 1.82) is 0 Å². The molecule has 0 aliphatic heterocycles. The van der Waals surface area contributed by atoms with Crippen LogP contribution in [-0.4, -0.2) is 36.7 Å². The molecule has 1 atom stereocenters. The predicted molar refractivity (Wildman–Crippen MR) is 69.8 cm³/mol. The average Bonchev–Trinajstić information content (AvgIpc) is 2.69. The minimum Gasteiger partial charge on any atom is -0.467 e. The van der Waals surface area contributed by atoms with Crippen LogP contribution in [0.25, 0.3) is 0 Å². The lowest BCUT2D eigenvalue weighted by Gasteiger charge is -2.27. The molecule has 1 aromatic rings. The number of carbonyl (C=O) groups excluding carboxylic acids is 2. The summed E-state index contributed by atoms with van der Waals surface area (Å²) < 4.78 is 4.65. The number of esters is 1. The molecule has 0 saturated heterocycles. The molecule has 0 radical (unpaired) electrons. The van der Waals surface area contributed by atoms with Crippen LogP contribution in [0.15, 0.2) is 5.38 Å². The monoisotopic (exact) mass is 271 g/mol. The van der Waals surface area contributed by atoms with Crippen molar-refractivity contribution in [1.82, 2.24) is 0 Å². The van der Waals surface area contributed by atoms with E-state index in [9.17, 15) is 9.59 Å². The fourth-order valence-electron chi connectivity index (χ4n) is 1.81. The van der Waals surface area contributed by atoms with Gasteiger partial charge in [0.1, 0.15) is 12.6 Å². The molecule has 6 heteroatoms. The quantitative estimate of drug-likeness (QED) is 0.837. The number of ether oxygens (including phenoxy) is 1. The van der Waals surface area contributed by atoms with Gasteiger partial charge < -0.3 is 9.84 Å². The second-order valence-corrected chi connectivity index (χ2v) is 5.03. The molecule has 1 aromatic heterocycles. The van der Waals surface area contributed by atoms with E-state index in [4.69, 9.17) is 5.11 Å². The Kier molecular flexibility index (Phi) is 4.86. The number of amides is 1. The van der Waals surface area contributed by atoms with E-state index >= 15 is 0 Å². The van der Waals surface area contributed by atoms with E-state index in [0.717, 1.165) is 10.4 Å². The molecule has 1 heterocycles. The van der Waals surface area contributed by atoms with Gasteiger partial charge in [0.2, 0.25) is 0 Å². The van der Waals surface area contributed by atoms with Gasteiger partial charge in [0, 0.05) is 4.88 Å². The Morgan fingerprint density at radius 2 is 2.11 bits per heavy atom. The molecule has 1 N–H and O–H groups in total. The topological polar surface area (TPSA) is 66.8 Å². The van der Waals surface area contributed by atoms with E-state index in [1.807, 2.05) is 19.2 Å². The van der Waals surface area contributed by atoms with Crippen LogP contribution in [0.5, 0.6) is 0 Å². The summed E-state index contributed by atoms with van der Waals surface area (Å²) in [6.07, 6.45) is 0. The smallest absolute Gasteiger partial charge is 0.328 e. The van der Waals surface area contributed by atoms with Crippen molar-refractivity contribution in [2.75, 3.05) is 18.6 Å². The fourth-order valence-corrected chi connectivity index (χ4v) is 2.65. The van der Waals surface area contributed by atoms with Crippen molar-refractivity contribution in [2.24, 2.45) is 0 Å². The molecule has 1 amide bonds. The highest BCUT2D eigenvalue weighted by atomic mass is 32.1. The first-order chi connectivity index (χ1) is 8.43. The van der Waals surface area contributed by atoms with Crippen LogP contribution in [-0.2, 0) is 14.3 Å². The number of rotatable bonds is 4. The number of hydrogen-bond acceptors (Lipinski definition) is 5. The molecule has 0 unspecified atom stereocenters. The minimum atomic E-state index is -0.762. The van der Waals surface area contributed by atoms with Gasteiger partial charge in [0.15, 0.2) is 0 Å². The third kappa shape index (κ3) is 2.70. The lowest BCUT2D eigenvalue weighted by atomic mass is 10.2. The largest absolute Gasteiger partial charge is 0.467 e. The molecule has 1 rings (SSSR count). The predicted octanol–water partition coefficient (Wildman–Crippen LogP) is 1.25. The van der Waals surface area contributed by atoms with Crippen LogP contribution in [0.1, 0.15) is 17.4 Å². The van der Waals surface area contributed by atoms with Gasteiger partial charge >= 0.3 is 5.97 Å². The van der Waals surface area contributed by atoms with Crippen LogP contribution in [0, 0.1) is 13.8 Å². The molecule has 0 fully saturated rings. The molecule has 0 aromatic carbocycles. The molecular formula is C12H17NO4S. The molecule has 0 spiro atoms. The fraction of sp³-hybridized carbons (Fsp3) is 0.500. The first kappa shape index (κ1) is 14.7. The molecule has 0 aliphatic rings. The molecule has 18 heavy (non-hydrogen) atoms. The zero-order valence-corrected chi connectivity index (χ0v) is 11.7. The van der Waals surface area contributed by atoms with Crippen LogP contribution in [0.3, 0.4) is 0 Å². The summed E-state index contributed by atoms with van der Waals surface area (Å²) >= 11 is 1.50. The maximum absolute atomic E-state index is 11.8. The molecule has 0 bridgehead atoms. The highest BCUT2D eigenvalue weighted by molar-refractivity contribution is 7.10. The maximum Gasteiger partial charge on any atom is 0.328 e. The molecule has 0 aliphatic carbocycles. The number of anilines is 1. The van der Waals surface area contributed by atoms with Gasteiger partial charge in [0.25, 0.3) is 5.91 Å². The Labute approximate surface area is 110 Å². The summed E-state index contributed by atoms with van der Waals surface area (Å²) in [4.78, 5) is 25.7. The lowest BCUT2D eigenvalue weighted by molar-refractivity contribution is -0.143. The Balaban J connectivity index is 3.22. The number of aliphatic hydroxyl groups is 1. The first-order valence-electron chi connectivity index (χ1n) is 5.49. The summed E-state index contributed by atoms with van der Waals surface area (Å²) in [5.74, 6) is -1.03. The van der Waals surface area contributed by atoms with Crippen LogP contribution >= 0.6 is 11.3 Å². The van der Waals surface area contributed by atoms with Crippen molar-refractivity contribution < 1.29 is 19.4 Å². The Bertz CT molecular complexity index is 435. The van der Waals surface area contributed by atoms with Crippen molar-refractivity contribution in [3.8, 4) is 0 Å². The van der Waals surface area contributed by atoms with Gasteiger partial charge in [-0.3, -0.25) is 9.69 Å². The minimum absolute atomic E-state index is 0.512. The standard InChI is InChI=1S/C12H17NO4S/c1-7-6-18-9(3)11(7)13(10(15)5-14)8(2)12(16)17-4/h6,8,14H,5H2,1-4H3/t8-/m0/s1. The summed E-state index contributed by atoms with van der Waals surface area (Å²) in [7, 11) is 1.27. The number of nitrogens with zero attached hydrogens (tertiary/aromatic N) is 1. The van der Waals surface area contributed by atoms with Crippen molar-refractivity contribution in [3.05, 3.63) is 15.8 Å². The molecule has 100 valence electrons. The van der Waals surface area contributed by atoms with Gasteiger partial charge in [-0.25, -0.2) is 4.79 Å². The first-order valence-corrected chi connectivity index (χ1v) is 6.37. The summed E-state index contributed by atoms with van der Waals surface area (Å²) in [5.41, 5.74) is 1.58. The number of aliphatic hydroxyl groups excluding tert-OH is 1. The normalized spacial score (nSPS) is 12.1. The second kappa shape index (κ2) is 5.97. The highest BCUT2D eigenvalue weighted by Gasteiger charge is 2.30. The van der Waals surface area contributed by atoms with Gasteiger partial charge in [0.05, 0.1) is 12.8 Å². The maximum atomic E-state index is 11.8. The molecule has 5 nitrogen and oxygen atoms in total. The lowest BCUT2D eigenvalue weighted by Crippen LogP contribution is -2.45. The van der Waals surface area contributed by atoms with Gasteiger partial charge in [-0.15, -0.1) is 11.3 Å². The molecule has 0 saturated carbocycles. The zero-order chi connectivity index (χ0) is 13.9. The SMILES string of the molecule is COC(=O)[C@H](C)N(C(=O)CO)c1c(C)csc1C. The van der Waals surface area contributed by atoms with Crippen LogP contribution in [0.2, 0.25) is 0 Å². The highest BCUT2D eigenvalue weighted by Crippen LogP contribution is 2.32. The zero-order valence-electron chi connectivity index (χ0n) is 10.9. The summed E-state index contributed by atoms with van der Waals surface area (Å²) in [5, 5.41) is 11.0. The van der Waals surface area contributed by atoms with Gasteiger partial charge in [-0.2, -0.15) is 0 Å². The third-order valence-electron chi connectivity index (χ3n) is 2.69. The van der Waals surface area contributed by atoms with Gasteiger partial charge in [-0.1, -0.05) is 0 Å². The second-order valence-electron chi connectivity index (χ2n) is 3.94. The number of aryl methyl sites for hydroxylation is 2. The Hall–Kier alpha value is -1.40. The van der Waals surface area contributed by atoms with Crippen LogP contribution < -0.4 is 4.90 Å². The van der Waals surface area contributed by atoms with E-state index in [1.54, 1.807) is 6.92 Å². The van der Waals surface area contributed by atoms with Crippen molar-refractivity contribution in [2.45, 2.75) is 26.8 Å². The molecular weight excluding hydrogens is 254 g/mol. The van der Waals surface area contributed by atoms with Crippen LogP contribution in [0.4, 0.5) is 5.69 Å². The number of carbonyl (C=O) groups is 2.